The van der Waals surface area contributed by atoms with Gasteiger partial charge in [0.25, 0.3) is 0 Å². The Morgan fingerprint density at radius 1 is 1.15 bits per heavy atom. The second kappa shape index (κ2) is 8.93. The van der Waals surface area contributed by atoms with Gasteiger partial charge >= 0.3 is 0 Å². The summed E-state index contributed by atoms with van der Waals surface area (Å²) in [5.74, 6) is 1.25. The lowest BCUT2D eigenvalue weighted by atomic mass is 9.99. The van der Waals surface area contributed by atoms with Gasteiger partial charge < -0.3 is 10.1 Å². The van der Waals surface area contributed by atoms with Gasteiger partial charge in [0.1, 0.15) is 0 Å². The molecule has 1 aromatic rings. The van der Waals surface area contributed by atoms with Gasteiger partial charge in [0.2, 0.25) is 0 Å². The number of methoxy groups -OCH3 is 1. The minimum atomic E-state index is 0.563. The van der Waals surface area contributed by atoms with Gasteiger partial charge in [-0.3, -0.25) is 0 Å². The molecule has 0 aliphatic carbocycles. The van der Waals surface area contributed by atoms with Gasteiger partial charge in [-0.2, -0.15) is 0 Å². The first-order valence-corrected chi connectivity index (χ1v) is 7.52. The molecule has 0 aliphatic heterocycles. The van der Waals surface area contributed by atoms with E-state index in [0.29, 0.717) is 18.4 Å². The molecule has 0 saturated heterocycles. The molecule has 1 aromatic carbocycles. The van der Waals surface area contributed by atoms with Gasteiger partial charge in [-0.05, 0) is 29.5 Å². The highest BCUT2D eigenvalue weighted by molar-refractivity contribution is 5.54. The molecule has 2 heteroatoms. The van der Waals surface area contributed by atoms with E-state index in [4.69, 9.17) is 4.74 Å². The second-order valence-corrected chi connectivity index (χ2v) is 6.07. The average Bonchev–Trinajstić information content (AvgIpc) is 2.39. The van der Waals surface area contributed by atoms with Gasteiger partial charge in [0.15, 0.2) is 0 Å². The molecule has 1 N–H and O–H groups in total. The molecule has 0 fully saturated rings. The second-order valence-electron chi connectivity index (χ2n) is 6.07. The topological polar surface area (TPSA) is 21.3 Å². The van der Waals surface area contributed by atoms with Gasteiger partial charge in [-0.15, -0.1) is 0 Å². The van der Waals surface area contributed by atoms with E-state index in [0.717, 1.165) is 13.1 Å². The van der Waals surface area contributed by atoms with E-state index in [-0.39, 0.29) is 0 Å². The highest BCUT2D eigenvalue weighted by Crippen LogP contribution is 2.15. The summed E-state index contributed by atoms with van der Waals surface area (Å²) in [6.45, 7) is 11.7. The largest absolute Gasteiger partial charge is 0.380 e. The van der Waals surface area contributed by atoms with E-state index in [9.17, 15) is 0 Å². The highest BCUT2D eigenvalue weighted by Gasteiger charge is 2.04. The van der Waals surface area contributed by atoms with Crippen molar-refractivity contribution in [3.8, 4) is 0 Å². The van der Waals surface area contributed by atoms with Crippen molar-refractivity contribution in [2.75, 3.05) is 20.2 Å². The van der Waals surface area contributed by atoms with Crippen LogP contribution in [0.2, 0.25) is 0 Å². The zero-order chi connectivity index (χ0) is 15.0. The number of hydrogen-bond acceptors (Lipinski definition) is 2. The summed E-state index contributed by atoms with van der Waals surface area (Å²) in [6.07, 6.45) is 2.30. The first kappa shape index (κ1) is 16.9. The van der Waals surface area contributed by atoms with E-state index < -0.39 is 0 Å². The van der Waals surface area contributed by atoms with Crippen molar-refractivity contribution in [3.05, 3.63) is 41.0 Å². The first-order chi connectivity index (χ1) is 9.52. The molecule has 20 heavy (non-hydrogen) atoms. The summed E-state index contributed by atoms with van der Waals surface area (Å²) in [6, 6.07) is 8.60. The summed E-state index contributed by atoms with van der Waals surface area (Å²) in [7, 11) is 1.73. The average molecular weight is 275 g/mol. The third kappa shape index (κ3) is 6.36. The maximum atomic E-state index is 5.14. The number of ether oxygens (including phenoxy) is 1. The number of rotatable bonds is 8. The summed E-state index contributed by atoms with van der Waals surface area (Å²) in [5.41, 5.74) is 3.93. The molecule has 0 heterocycles. The Hall–Kier alpha value is -1.12. The lowest BCUT2D eigenvalue weighted by Crippen LogP contribution is -2.23. The van der Waals surface area contributed by atoms with Crippen molar-refractivity contribution in [3.63, 3.8) is 0 Å². The Bertz CT molecular complexity index is 404. The number of nitrogens with one attached hydrogen (secondary N) is 1. The Labute approximate surface area is 124 Å². The summed E-state index contributed by atoms with van der Waals surface area (Å²) < 4.78 is 5.14. The van der Waals surface area contributed by atoms with Gasteiger partial charge in [-0.25, -0.2) is 0 Å². The van der Waals surface area contributed by atoms with Crippen LogP contribution in [-0.4, -0.2) is 20.2 Å². The van der Waals surface area contributed by atoms with Crippen molar-refractivity contribution in [2.45, 2.75) is 34.3 Å². The van der Waals surface area contributed by atoms with Gasteiger partial charge in [0, 0.05) is 13.7 Å². The maximum absolute atomic E-state index is 5.14. The molecule has 0 spiro atoms. The molecule has 0 aliphatic rings. The molecule has 0 bridgehead atoms. The van der Waals surface area contributed by atoms with Crippen molar-refractivity contribution in [2.24, 2.45) is 11.8 Å². The SMILES string of the molecule is COCc1ccc(C=C(CNCC(C)C)C(C)C)cc1. The Morgan fingerprint density at radius 3 is 2.30 bits per heavy atom. The molecule has 1 rings (SSSR count). The smallest absolute Gasteiger partial charge is 0.0713 e. The van der Waals surface area contributed by atoms with Crippen LogP contribution in [0.4, 0.5) is 0 Å². The normalized spacial score (nSPS) is 12.4. The molecular weight excluding hydrogens is 246 g/mol. The van der Waals surface area contributed by atoms with E-state index in [1.165, 1.54) is 16.7 Å². The third-order valence-corrected chi connectivity index (χ3v) is 3.27. The fourth-order valence-electron chi connectivity index (χ4n) is 2.02. The molecule has 0 aromatic heterocycles. The lowest BCUT2D eigenvalue weighted by molar-refractivity contribution is 0.185. The van der Waals surface area contributed by atoms with Crippen molar-refractivity contribution < 1.29 is 4.74 Å². The molecule has 0 unspecified atom stereocenters. The van der Waals surface area contributed by atoms with Crippen LogP contribution in [0, 0.1) is 11.8 Å². The first-order valence-electron chi connectivity index (χ1n) is 7.52. The number of benzene rings is 1. The van der Waals surface area contributed by atoms with Crippen LogP contribution in [0.3, 0.4) is 0 Å². The van der Waals surface area contributed by atoms with Crippen molar-refractivity contribution >= 4 is 6.08 Å². The van der Waals surface area contributed by atoms with Crippen LogP contribution in [0.25, 0.3) is 6.08 Å². The molecule has 0 radical (unpaired) electrons. The predicted molar refractivity (Wildman–Crippen MR) is 87.7 cm³/mol. The van der Waals surface area contributed by atoms with Crippen LogP contribution in [0.15, 0.2) is 29.8 Å². The van der Waals surface area contributed by atoms with Crippen LogP contribution >= 0.6 is 0 Å². The van der Waals surface area contributed by atoms with Gasteiger partial charge in [-0.1, -0.05) is 63.6 Å². The minimum Gasteiger partial charge on any atom is -0.380 e. The van der Waals surface area contributed by atoms with Crippen LogP contribution in [0.1, 0.15) is 38.8 Å². The van der Waals surface area contributed by atoms with Crippen LogP contribution in [0.5, 0.6) is 0 Å². The monoisotopic (exact) mass is 275 g/mol. The third-order valence-electron chi connectivity index (χ3n) is 3.27. The quantitative estimate of drug-likeness (QED) is 0.770. The lowest BCUT2D eigenvalue weighted by Gasteiger charge is -2.14. The Balaban J connectivity index is 2.69. The minimum absolute atomic E-state index is 0.563. The molecule has 112 valence electrons. The van der Waals surface area contributed by atoms with Gasteiger partial charge in [0.05, 0.1) is 6.61 Å². The van der Waals surface area contributed by atoms with E-state index >= 15 is 0 Å². The van der Waals surface area contributed by atoms with E-state index in [2.05, 4.69) is 63.4 Å². The van der Waals surface area contributed by atoms with Crippen LogP contribution < -0.4 is 5.32 Å². The molecule has 0 atom stereocenters. The Morgan fingerprint density at radius 2 is 1.80 bits per heavy atom. The summed E-state index contributed by atoms with van der Waals surface area (Å²) >= 11 is 0. The summed E-state index contributed by atoms with van der Waals surface area (Å²) in [4.78, 5) is 0. The molecule has 2 nitrogen and oxygen atoms in total. The summed E-state index contributed by atoms with van der Waals surface area (Å²) in [5, 5.41) is 3.53. The maximum Gasteiger partial charge on any atom is 0.0713 e. The Kier molecular flexibility index (Phi) is 7.56. The fraction of sp³-hybridized carbons (Fsp3) is 0.556. The van der Waals surface area contributed by atoms with E-state index in [1.54, 1.807) is 7.11 Å². The zero-order valence-electron chi connectivity index (χ0n) is 13.6. The zero-order valence-corrected chi connectivity index (χ0v) is 13.6. The predicted octanol–water partition coefficient (Wildman–Crippen LogP) is 4.12. The van der Waals surface area contributed by atoms with E-state index in [1.807, 2.05) is 0 Å². The molecule has 0 saturated carbocycles. The van der Waals surface area contributed by atoms with Crippen molar-refractivity contribution in [1.29, 1.82) is 0 Å². The highest BCUT2D eigenvalue weighted by atomic mass is 16.5. The van der Waals surface area contributed by atoms with Crippen molar-refractivity contribution in [1.82, 2.24) is 5.32 Å². The molecular formula is C18H29NO. The standard InChI is InChI=1S/C18H29NO/c1-14(2)11-19-12-18(15(3)4)10-16-6-8-17(9-7-16)13-20-5/h6-10,14-15,19H,11-13H2,1-5H3. The number of hydrogen-bond donors (Lipinski definition) is 1. The van der Waals surface area contributed by atoms with Crippen LogP contribution in [-0.2, 0) is 11.3 Å². The molecule has 0 amide bonds. The fourth-order valence-corrected chi connectivity index (χ4v) is 2.02.